The molecule has 0 amide bonds. The van der Waals surface area contributed by atoms with E-state index in [1.54, 1.807) is 12.1 Å². The number of hydrogen-bond donors (Lipinski definition) is 0. The first-order valence-corrected chi connectivity index (χ1v) is 7.13. The molecule has 0 fully saturated rings. The Morgan fingerprint density at radius 1 is 0.895 bits per heavy atom. The van der Waals surface area contributed by atoms with Crippen LogP contribution in [0.2, 0.25) is 0 Å². The van der Waals surface area contributed by atoms with Crippen LogP contribution >= 0.6 is 0 Å². The molecule has 4 rings (SSSR count). The first kappa shape index (κ1) is 11.2. The average Bonchev–Trinajstić information content (AvgIpc) is 2.77. The monoisotopic (exact) mass is 252 g/mol. The fraction of sp³-hybridized carbons (Fsp3) is 0.333. The summed E-state index contributed by atoms with van der Waals surface area (Å²) in [5.41, 5.74) is 5.85. The van der Waals surface area contributed by atoms with Crippen LogP contribution in [0.4, 0.5) is 4.39 Å². The molecule has 0 radical (unpaired) electrons. The lowest BCUT2D eigenvalue weighted by atomic mass is 9.68. The topological polar surface area (TPSA) is 0 Å². The van der Waals surface area contributed by atoms with Crippen LogP contribution in [0.1, 0.15) is 35.1 Å². The molecule has 0 aromatic heterocycles. The number of hydrogen-bond acceptors (Lipinski definition) is 0. The van der Waals surface area contributed by atoms with E-state index in [2.05, 4.69) is 24.3 Å². The molecule has 0 aliphatic heterocycles. The molecule has 1 spiro atoms. The van der Waals surface area contributed by atoms with E-state index >= 15 is 0 Å². The van der Waals surface area contributed by atoms with E-state index in [9.17, 15) is 4.39 Å². The minimum atomic E-state index is -0.0914. The van der Waals surface area contributed by atoms with Crippen molar-refractivity contribution < 1.29 is 4.39 Å². The van der Waals surface area contributed by atoms with E-state index in [0.29, 0.717) is 0 Å². The number of rotatable bonds is 0. The fourth-order valence-electron chi connectivity index (χ4n) is 4.10. The Bertz CT molecular complexity index is 617. The Morgan fingerprint density at radius 3 is 2.37 bits per heavy atom. The number of halogens is 1. The average molecular weight is 252 g/mol. The van der Waals surface area contributed by atoms with Crippen LogP contribution < -0.4 is 0 Å². The Balaban J connectivity index is 1.84. The Morgan fingerprint density at radius 2 is 1.63 bits per heavy atom. The fourth-order valence-corrected chi connectivity index (χ4v) is 4.10. The second-order valence-electron chi connectivity index (χ2n) is 6.06. The highest BCUT2D eigenvalue weighted by atomic mass is 19.1. The molecule has 0 heterocycles. The van der Waals surface area contributed by atoms with Gasteiger partial charge in [-0.2, -0.15) is 0 Å². The smallest absolute Gasteiger partial charge is 0.123 e. The van der Waals surface area contributed by atoms with Gasteiger partial charge in [-0.3, -0.25) is 0 Å². The molecule has 0 bridgehead atoms. The molecule has 0 saturated heterocycles. The van der Waals surface area contributed by atoms with E-state index < -0.39 is 0 Å². The zero-order chi connectivity index (χ0) is 12.9. The van der Waals surface area contributed by atoms with E-state index in [4.69, 9.17) is 0 Å². The summed E-state index contributed by atoms with van der Waals surface area (Å²) >= 11 is 0. The normalized spacial score (nSPS) is 19.2. The molecular weight excluding hydrogens is 235 g/mol. The molecule has 0 unspecified atom stereocenters. The standard InChI is InChI=1S/C18H17F/c19-16-7-8-17-13(10-16)6-3-9-18(17)11-14-4-1-2-5-15(14)12-18/h1-2,4-5,7-8,10H,3,6,9,11-12H2. The molecule has 2 aliphatic rings. The van der Waals surface area contributed by atoms with Crippen molar-refractivity contribution >= 4 is 0 Å². The van der Waals surface area contributed by atoms with Crippen LogP contribution in [0.25, 0.3) is 0 Å². The zero-order valence-corrected chi connectivity index (χ0v) is 11.0. The van der Waals surface area contributed by atoms with Crippen LogP contribution in [0, 0.1) is 5.82 Å². The summed E-state index contributed by atoms with van der Waals surface area (Å²) in [5.74, 6) is -0.0914. The highest BCUT2D eigenvalue weighted by molar-refractivity contribution is 5.46. The van der Waals surface area contributed by atoms with Crippen molar-refractivity contribution in [3.63, 3.8) is 0 Å². The van der Waals surface area contributed by atoms with Gasteiger partial charge in [-0.15, -0.1) is 0 Å². The number of benzene rings is 2. The largest absolute Gasteiger partial charge is 0.207 e. The highest BCUT2D eigenvalue weighted by Gasteiger charge is 2.41. The van der Waals surface area contributed by atoms with Crippen LogP contribution in [0.3, 0.4) is 0 Å². The predicted molar refractivity (Wildman–Crippen MR) is 74.9 cm³/mol. The van der Waals surface area contributed by atoms with Gasteiger partial charge in [0.2, 0.25) is 0 Å². The van der Waals surface area contributed by atoms with Gasteiger partial charge in [0.1, 0.15) is 5.82 Å². The molecular formula is C18H17F. The van der Waals surface area contributed by atoms with Crippen LogP contribution in [0.15, 0.2) is 42.5 Å². The van der Waals surface area contributed by atoms with Crippen molar-refractivity contribution in [2.24, 2.45) is 0 Å². The van der Waals surface area contributed by atoms with Crippen molar-refractivity contribution in [3.8, 4) is 0 Å². The third-order valence-corrected chi connectivity index (χ3v) is 4.92. The Labute approximate surface area is 113 Å². The number of fused-ring (bicyclic) bond motifs is 3. The van der Waals surface area contributed by atoms with Crippen LogP contribution in [0.5, 0.6) is 0 Å². The third kappa shape index (κ3) is 1.64. The Kier molecular flexibility index (Phi) is 2.32. The molecule has 0 nitrogen and oxygen atoms in total. The second kappa shape index (κ2) is 3.93. The van der Waals surface area contributed by atoms with Gasteiger partial charge in [-0.05, 0) is 66.5 Å². The lowest BCUT2D eigenvalue weighted by molar-refractivity contribution is 0.376. The lowest BCUT2D eigenvalue weighted by Gasteiger charge is -2.36. The SMILES string of the molecule is Fc1ccc2c(c1)CCCC21Cc2ccccc2C1. The van der Waals surface area contributed by atoms with Crippen molar-refractivity contribution in [1.29, 1.82) is 0 Å². The van der Waals surface area contributed by atoms with E-state index in [1.165, 1.54) is 35.1 Å². The van der Waals surface area contributed by atoms with Crippen molar-refractivity contribution in [2.45, 2.75) is 37.5 Å². The highest BCUT2D eigenvalue weighted by Crippen LogP contribution is 2.47. The quantitative estimate of drug-likeness (QED) is 0.659. The van der Waals surface area contributed by atoms with E-state index in [-0.39, 0.29) is 11.2 Å². The summed E-state index contributed by atoms with van der Waals surface area (Å²) in [5, 5.41) is 0. The Hall–Kier alpha value is -1.63. The van der Waals surface area contributed by atoms with Crippen LogP contribution in [-0.2, 0) is 24.7 Å². The molecule has 0 saturated carbocycles. The van der Waals surface area contributed by atoms with Gasteiger partial charge in [-0.25, -0.2) is 4.39 Å². The summed E-state index contributed by atoms with van der Waals surface area (Å²) in [6.07, 6.45) is 5.71. The van der Waals surface area contributed by atoms with Gasteiger partial charge in [0, 0.05) is 5.41 Å². The summed E-state index contributed by atoms with van der Waals surface area (Å²) in [7, 11) is 0. The lowest BCUT2D eigenvalue weighted by Crippen LogP contribution is -2.31. The van der Waals surface area contributed by atoms with Crippen molar-refractivity contribution in [1.82, 2.24) is 0 Å². The molecule has 2 aromatic rings. The maximum Gasteiger partial charge on any atom is 0.123 e. The van der Waals surface area contributed by atoms with Gasteiger partial charge >= 0.3 is 0 Å². The summed E-state index contributed by atoms with van der Waals surface area (Å²) in [6, 6.07) is 14.2. The number of aryl methyl sites for hydroxylation is 1. The van der Waals surface area contributed by atoms with Gasteiger partial charge in [0.25, 0.3) is 0 Å². The third-order valence-electron chi connectivity index (χ3n) is 4.92. The predicted octanol–water partition coefficient (Wildman–Crippen LogP) is 4.20. The first-order chi connectivity index (χ1) is 9.27. The van der Waals surface area contributed by atoms with Crippen molar-refractivity contribution in [2.75, 3.05) is 0 Å². The summed E-state index contributed by atoms with van der Waals surface area (Å²) in [6.45, 7) is 0. The zero-order valence-electron chi connectivity index (χ0n) is 11.0. The van der Waals surface area contributed by atoms with Crippen molar-refractivity contribution in [3.05, 3.63) is 70.5 Å². The van der Waals surface area contributed by atoms with Gasteiger partial charge in [-0.1, -0.05) is 30.3 Å². The summed E-state index contributed by atoms with van der Waals surface area (Å²) < 4.78 is 13.4. The minimum absolute atomic E-state index is 0.0914. The minimum Gasteiger partial charge on any atom is -0.207 e. The molecule has 19 heavy (non-hydrogen) atoms. The maximum absolute atomic E-state index is 13.4. The molecule has 0 atom stereocenters. The van der Waals surface area contributed by atoms with E-state index in [0.717, 1.165) is 19.3 Å². The van der Waals surface area contributed by atoms with Gasteiger partial charge in [0.15, 0.2) is 0 Å². The maximum atomic E-state index is 13.4. The molecule has 0 N–H and O–H groups in total. The molecule has 2 aromatic carbocycles. The molecule has 96 valence electrons. The second-order valence-corrected chi connectivity index (χ2v) is 6.06. The van der Waals surface area contributed by atoms with Crippen LogP contribution in [-0.4, -0.2) is 0 Å². The first-order valence-electron chi connectivity index (χ1n) is 7.13. The summed E-state index contributed by atoms with van der Waals surface area (Å²) in [4.78, 5) is 0. The molecule has 1 heteroatoms. The molecule has 2 aliphatic carbocycles. The van der Waals surface area contributed by atoms with Gasteiger partial charge < -0.3 is 0 Å². The van der Waals surface area contributed by atoms with Gasteiger partial charge in [0.05, 0.1) is 0 Å². The van der Waals surface area contributed by atoms with E-state index in [1.807, 2.05) is 6.07 Å².